The number of anilines is 1. The minimum Gasteiger partial charge on any atom is -0.444 e. The largest absolute Gasteiger partial charge is 0.444 e. The molecule has 21 heavy (non-hydrogen) atoms. The second-order valence-corrected chi connectivity index (χ2v) is 7.39. The van der Waals surface area contributed by atoms with Gasteiger partial charge in [-0.1, -0.05) is 0 Å². The smallest absolute Gasteiger partial charge is 0.410 e. The van der Waals surface area contributed by atoms with E-state index in [1.165, 1.54) is 24.4 Å². The van der Waals surface area contributed by atoms with Crippen molar-refractivity contribution in [3.63, 3.8) is 0 Å². The number of carbonyl (C=O) groups excluding carboxylic acids is 1. The van der Waals surface area contributed by atoms with Crippen molar-refractivity contribution in [2.45, 2.75) is 45.1 Å². The van der Waals surface area contributed by atoms with Crippen LogP contribution in [0.5, 0.6) is 0 Å². The van der Waals surface area contributed by atoms with Crippen molar-refractivity contribution in [3.8, 4) is 0 Å². The molecule has 3 rings (SSSR count). The van der Waals surface area contributed by atoms with Crippen LogP contribution in [0.15, 0.2) is 0 Å². The van der Waals surface area contributed by atoms with Crippen molar-refractivity contribution >= 4 is 22.8 Å². The van der Waals surface area contributed by atoms with E-state index in [0.29, 0.717) is 19.0 Å². The van der Waals surface area contributed by atoms with Gasteiger partial charge in [-0.15, -0.1) is 0 Å². The topological polar surface area (TPSA) is 58.6 Å². The van der Waals surface area contributed by atoms with E-state index in [0.717, 1.165) is 24.0 Å². The minimum atomic E-state index is -0.438. The molecule has 1 amide bonds. The third-order valence-electron chi connectivity index (χ3n) is 3.58. The van der Waals surface area contributed by atoms with Crippen molar-refractivity contribution in [1.82, 2.24) is 14.3 Å². The third-order valence-corrected chi connectivity index (χ3v) is 4.37. The molecule has 116 valence electrons. The molecule has 0 spiro atoms. The number of hydrogen-bond donors (Lipinski definition) is 0. The molecule has 2 aliphatic rings. The van der Waals surface area contributed by atoms with Gasteiger partial charge >= 0.3 is 6.09 Å². The summed E-state index contributed by atoms with van der Waals surface area (Å²) in [4.78, 5) is 20.6. The van der Waals surface area contributed by atoms with E-state index in [9.17, 15) is 4.79 Å². The van der Waals surface area contributed by atoms with E-state index in [4.69, 9.17) is 4.74 Å². The number of hydrogen-bond acceptors (Lipinski definition) is 6. The molecule has 0 N–H and O–H groups in total. The average Bonchev–Trinajstić information content (AvgIpc) is 3.15. The van der Waals surface area contributed by atoms with E-state index in [1.54, 1.807) is 4.90 Å². The molecule has 1 aliphatic carbocycles. The molecule has 1 aromatic heterocycles. The van der Waals surface area contributed by atoms with Gasteiger partial charge in [-0.25, -0.2) is 9.78 Å². The number of piperazine rings is 1. The van der Waals surface area contributed by atoms with Crippen molar-refractivity contribution in [2.75, 3.05) is 31.1 Å². The van der Waals surface area contributed by atoms with Gasteiger partial charge in [-0.05, 0) is 33.6 Å². The summed E-state index contributed by atoms with van der Waals surface area (Å²) in [5.74, 6) is 1.60. The van der Waals surface area contributed by atoms with E-state index in [-0.39, 0.29) is 6.09 Å². The Morgan fingerprint density at radius 1 is 1.24 bits per heavy atom. The van der Waals surface area contributed by atoms with E-state index in [2.05, 4.69) is 14.3 Å². The van der Waals surface area contributed by atoms with E-state index >= 15 is 0 Å². The first-order chi connectivity index (χ1) is 9.92. The van der Waals surface area contributed by atoms with Crippen LogP contribution in [0.2, 0.25) is 0 Å². The molecule has 1 saturated carbocycles. The molecule has 2 heterocycles. The van der Waals surface area contributed by atoms with Crippen molar-refractivity contribution < 1.29 is 9.53 Å². The van der Waals surface area contributed by atoms with Crippen molar-refractivity contribution in [3.05, 3.63) is 5.82 Å². The molecule has 0 radical (unpaired) electrons. The fraction of sp³-hybridized carbons (Fsp3) is 0.786. The summed E-state index contributed by atoms with van der Waals surface area (Å²) in [6.07, 6.45) is 2.23. The standard InChI is InChI=1S/C14H22N4O2S/c1-14(2,3)20-13(19)18-8-6-17(7-9-18)12-15-11(16-21-12)10-4-5-10/h10H,4-9H2,1-3H3. The molecular formula is C14H22N4O2S. The summed E-state index contributed by atoms with van der Waals surface area (Å²) < 4.78 is 9.84. The molecular weight excluding hydrogens is 288 g/mol. The molecule has 1 aliphatic heterocycles. The zero-order valence-corrected chi connectivity index (χ0v) is 13.7. The monoisotopic (exact) mass is 310 g/mol. The van der Waals surface area contributed by atoms with E-state index < -0.39 is 5.60 Å². The second kappa shape index (κ2) is 5.44. The molecule has 7 heteroatoms. The zero-order valence-electron chi connectivity index (χ0n) is 12.8. The molecule has 0 bridgehead atoms. The van der Waals surface area contributed by atoms with E-state index in [1.807, 2.05) is 20.8 Å². The van der Waals surface area contributed by atoms with Gasteiger partial charge in [0.2, 0.25) is 5.13 Å². The Kier molecular flexibility index (Phi) is 3.77. The first-order valence-corrected chi connectivity index (χ1v) is 8.26. The maximum absolute atomic E-state index is 12.0. The number of nitrogens with zero attached hydrogens (tertiary/aromatic N) is 4. The number of ether oxygens (including phenoxy) is 1. The van der Waals surface area contributed by atoms with Crippen LogP contribution < -0.4 is 4.90 Å². The third kappa shape index (κ3) is 3.64. The Labute approximate surface area is 129 Å². The predicted molar refractivity (Wildman–Crippen MR) is 81.9 cm³/mol. The number of amides is 1. The lowest BCUT2D eigenvalue weighted by atomic mass is 10.2. The summed E-state index contributed by atoms with van der Waals surface area (Å²) in [6.45, 7) is 8.60. The Morgan fingerprint density at radius 2 is 1.90 bits per heavy atom. The first-order valence-electron chi connectivity index (χ1n) is 7.49. The maximum Gasteiger partial charge on any atom is 0.410 e. The summed E-state index contributed by atoms with van der Waals surface area (Å²) in [5, 5.41) is 0.987. The Bertz CT molecular complexity index is 513. The van der Waals surface area contributed by atoms with Crippen LogP contribution in [0.4, 0.5) is 9.93 Å². The summed E-state index contributed by atoms with van der Waals surface area (Å²) in [5.41, 5.74) is -0.438. The normalized spacial score (nSPS) is 19.8. The molecule has 1 aromatic rings. The van der Waals surface area contributed by atoms with Gasteiger partial charge in [0.15, 0.2) is 0 Å². The fourth-order valence-corrected chi connectivity index (χ4v) is 3.07. The lowest BCUT2D eigenvalue weighted by molar-refractivity contribution is 0.0240. The molecule has 0 aromatic carbocycles. The van der Waals surface area contributed by atoms with Gasteiger partial charge in [0.05, 0.1) is 0 Å². The minimum absolute atomic E-state index is 0.224. The van der Waals surface area contributed by atoms with Crippen LogP contribution in [0.1, 0.15) is 45.4 Å². The van der Waals surface area contributed by atoms with Crippen LogP contribution in [-0.2, 0) is 4.74 Å². The van der Waals surface area contributed by atoms with Crippen LogP contribution in [-0.4, -0.2) is 52.1 Å². The first kappa shape index (κ1) is 14.6. The lowest BCUT2D eigenvalue weighted by Crippen LogP contribution is -2.50. The molecule has 2 fully saturated rings. The van der Waals surface area contributed by atoms with Crippen LogP contribution in [0, 0.1) is 0 Å². The maximum atomic E-state index is 12.0. The zero-order chi connectivity index (χ0) is 15.0. The highest BCUT2D eigenvalue weighted by Crippen LogP contribution is 2.39. The van der Waals surface area contributed by atoms with Crippen LogP contribution in [0.3, 0.4) is 0 Å². The number of carbonyl (C=O) groups is 1. The summed E-state index contributed by atoms with van der Waals surface area (Å²) in [7, 11) is 0. The van der Waals surface area contributed by atoms with Gasteiger partial charge in [0, 0.05) is 43.6 Å². The Hall–Kier alpha value is -1.37. The Morgan fingerprint density at radius 3 is 2.48 bits per heavy atom. The fourth-order valence-electron chi connectivity index (χ4n) is 2.27. The highest BCUT2D eigenvalue weighted by Gasteiger charge is 2.30. The molecule has 0 atom stereocenters. The highest BCUT2D eigenvalue weighted by molar-refractivity contribution is 7.09. The quantitative estimate of drug-likeness (QED) is 0.840. The Balaban J connectivity index is 1.53. The van der Waals surface area contributed by atoms with Crippen LogP contribution >= 0.6 is 11.5 Å². The van der Waals surface area contributed by atoms with Crippen molar-refractivity contribution in [1.29, 1.82) is 0 Å². The number of aromatic nitrogens is 2. The number of rotatable bonds is 2. The molecule has 0 unspecified atom stereocenters. The molecule has 6 nitrogen and oxygen atoms in total. The highest BCUT2D eigenvalue weighted by atomic mass is 32.1. The lowest BCUT2D eigenvalue weighted by Gasteiger charge is -2.35. The van der Waals surface area contributed by atoms with Gasteiger partial charge < -0.3 is 14.5 Å². The summed E-state index contributed by atoms with van der Waals surface area (Å²) in [6, 6.07) is 0. The van der Waals surface area contributed by atoms with Gasteiger partial charge in [-0.2, -0.15) is 4.37 Å². The predicted octanol–water partition coefficient (Wildman–Crippen LogP) is 2.47. The van der Waals surface area contributed by atoms with Crippen molar-refractivity contribution in [2.24, 2.45) is 0 Å². The SMILES string of the molecule is CC(C)(C)OC(=O)N1CCN(c2nc(C3CC3)ns2)CC1. The summed E-state index contributed by atoms with van der Waals surface area (Å²) >= 11 is 1.47. The van der Waals surface area contributed by atoms with Gasteiger partial charge in [-0.3, -0.25) is 0 Å². The van der Waals surface area contributed by atoms with Gasteiger partial charge in [0.1, 0.15) is 11.4 Å². The average molecular weight is 310 g/mol. The van der Waals surface area contributed by atoms with Crippen LogP contribution in [0.25, 0.3) is 0 Å². The second-order valence-electron chi connectivity index (χ2n) is 6.66. The molecule has 1 saturated heterocycles. The van der Waals surface area contributed by atoms with Gasteiger partial charge in [0.25, 0.3) is 0 Å².